The second kappa shape index (κ2) is 6.79. The molecule has 19 heavy (non-hydrogen) atoms. The molecule has 0 atom stereocenters. The van der Waals surface area contributed by atoms with Gasteiger partial charge in [0, 0.05) is 16.5 Å². The van der Waals surface area contributed by atoms with Crippen molar-refractivity contribution in [2.24, 2.45) is 5.11 Å². The molecule has 7 heteroatoms. The number of carboxylic acids is 1. The van der Waals surface area contributed by atoms with Gasteiger partial charge in [-0.25, -0.2) is 4.79 Å². The average molecular weight is 261 g/mol. The van der Waals surface area contributed by atoms with Crippen LogP contribution in [0.4, 0.5) is 0 Å². The molecule has 1 N–H and O–H groups in total. The number of aromatic carboxylic acids is 1. The van der Waals surface area contributed by atoms with Crippen molar-refractivity contribution in [1.29, 1.82) is 0 Å². The van der Waals surface area contributed by atoms with Crippen LogP contribution < -0.4 is 9.47 Å². The van der Waals surface area contributed by atoms with Crippen molar-refractivity contribution in [3.05, 3.63) is 33.7 Å². The minimum absolute atomic E-state index is 0.00825. The van der Waals surface area contributed by atoms with Crippen molar-refractivity contribution in [3.63, 3.8) is 0 Å². The summed E-state index contributed by atoms with van der Waals surface area (Å²) in [6, 6.07) is 2.80. The Kier molecular flexibility index (Phi) is 5.08. The Bertz CT molecular complexity index is 595. The molecule has 0 unspecified atom stereocenters. The van der Waals surface area contributed by atoms with Crippen molar-refractivity contribution in [2.75, 3.05) is 20.8 Å². The van der Waals surface area contributed by atoms with Gasteiger partial charge >= 0.3 is 5.97 Å². The van der Waals surface area contributed by atoms with Crippen LogP contribution in [0.5, 0.6) is 11.5 Å². The van der Waals surface area contributed by atoms with Gasteiger partial charge in [-0.05, 0) is 11.6 Å². The Balaban J connectivity index is 3.29. The van der Waals surface area contributed by atoms with Gasteiger partial charge in [0.25, 0.3) is 0 Å². The van der Waals surface area contributed by atoms with Gasteiger partial charge in [0.2, 0.25) is 0 Å². The van der Waals surface area contributed by atoms with Crippen LogP contribution in [0, 0.1) is 11.8 Å². The topological polar surface area (TPSA) is 105 Å². The molecule has 98 valence electrons. The molecule has 1 rings (SSSR count). The van der Waals surface area contributed by atoms with Crippen LogP contribution in [0.15, 0.2) is 17.2 Å². The van der Waals surface area contributed by atoms with E-state index in [1.54, 1.807) is 0 Å². The number of methoxy groups -OCH3 is 2. The lowest BCUT2D eigenvalue weighted by Gasteiger charge is -2.09. The Morgan fingerprint density at radius 3 is 2.58 bits per heavy atom. The molecule has 7 nitrogen and oxygen atoms in total. The number of carbonyl (C=O) groups is 1. The van der Waals surface area contributed by atoms with Crippen molar-refractivity contribution in [3.8, 4) is 23.3 Å². The molecule has 0 aromatic heterocycles. The molecule has 0 fully saturated rings. The fourth-order valence-corrected chi connectivity index (χ4v) is 1.36. The number of azide groups is 1. The van der Waals surface area contributed by atoms with Crippen LogP contribution in [0.2, 0.25) is 0 Å². The minimum Gasteiger partial charge on any atom is -0.493 e. The van der Waals surface area contributed by atoms with Crippen LogP contribution in [-0.4, -0.2) is 31.8 Å². The number of benzene rings is 1. The quantitative estimate of drug-likeness (QED) is 0.387. The molecular weight excluding hydrogens is 250 g/mol. The third-order valence-electron chi connectivity index (χ3n) is 2.19. The largest absolute Gasteiger partial charge is 0.493 e. The lowest BCUT2D eigenvalue weighted by Crippen LogP contribution is -2.02. The Morgan fingerprint density at radius 1 is 1.42 bits per heavy atom. The molecule has 0 aliphatic rings. The fourth-order valence-electron chi connectivity index (χ4n) is 1.36. The van der Waals surface area contributed by atoms with Crippen LogP contribution in [-0.2, 0) is 0 Å². The second-order valence-corrected chi connectivity index (χ2v) is 3.25. The molecule has 0 radical (unpaired) electrons. The van der Waals surface area contributed by atoms with E-state index < -0.39 is 5.97 Å². The number of ether oxygens (including phenoxy) is 2. The maximum absolute atomic E-state index is 11.1. The molecule has 0 amide bonds. The Labute approximate surface area is 109 Å². The molecule has 1 aromatic rings. The maximum atomic E-state index is 11.1. The first-order chi connectivity index (χ1) is 9.13. The highest BCUT2D eigenvalue weighted by Gasteiger charge is 2.14. The summed E-state index contributed by atoms with van der Waals surface area (Å²) in [4.78, 5) is 13.7. The van der Waals surface area contributed by atoms with E-state index >= 15 is 0 Å². The Hall–Kier alpha value is -2.84. The zero-order valence-corrected chi connectivity index (χ0v) is 10.4. The van der Waals surface area contributed by atoms with E-state index in [0.29, 0.717) is 11.5 Å². The fraction of sp³-hybridized carbons (Fsp3) is 0.250. The van der Waals surface area contributed by atoms with Gasteiger partial charge in [-0.1, -0.05) is 17.0 Å². The highest BCUT2D eigenvalue weighted by atomic mass is 16.5. The first-order valence-electron chi connectivity index (χ1n) is 5.13. The third-order valence-corrected chi connectivity index (χ3v) is 2.19. The van der Waals surface area contributed by atoms with Crippen molar-refractivity contribution < 1.29 is 19.4 Å². The van der Waals surface area contributed by atoms with E-state index in [0.717, 1.165) is 0 Å². The van der Waals surface area contributed by atoms with Crippen LogP contribution in [0.3, 0.4) is 0 Å². The second-order valence-electron chi connectivity index (χ2n) is 3.25. The summed E-state index contributed by atoms with van der Waals surface area (Å²) >= 11 is 0. The van der Waals surface area contributed by atoms with E-state index in [2.05, 4.69) is 21.9 Å². The number of nitrogens with zero attached hydrogens (tertiary/aromatic N) is 3. The van der Waals surface area contributed by atoms with Crippen LogP contribution >= 0.6 is 0 Å². The molecule has 1 aromatic carbocycles. The predicted molar refractivity (Wildman–Crippen MR) is 67.4 cm³/mol. The Morgan fingerprint density at radius 2 is 2.05 bits per heavy atom. The zero-order valence-electron chi connectivity index (χ0n) is 10.4. The van der Waals surface area contributed by atoms with Gasteiger partial charge in [0.15, 0.2) is 11.5 Å². The van der Waals surface area contributed by atoms with Gasteiger partial charge in [0.05, 0.1) is 26.3 Å². The molecule has 0 saturated carbocycles. The lowest BCUT2D eigenvalue weighted by molar-refractivity contribution is 0.0696. The SMILES string of the molecule is COc1cc(C#CCN=[N+]=[N-])c(C(=O)O)cc1OC. The van der Waals surface area contributed by atoms with Crippen LogP contribution in [0.25, 0.3) is 10.4 Å². The summed E-state index contributed by atoms with van der Waals surface area (Å²) in [5, 5.41) is 12.3. The summed E-state index contributed by atoms with van der Waals surface area (Å²) in [5.41, 5.74) is 8.37. The van der Waals surface area contributed by atoms with Crippen molar-refractivity contribution in [2.45, 2.75) is 0 Å². The molecule has 0 heterocycles. The van der Waals surface area contributed by atoms with Crippen LogP contribution in [0.1, 0.15) is 15.9 Å². The number of hydrogen-bond donors (Lipinski definition) is 1. The molecule has 0 spiro atoms. The van der Waals surface area contributed by atoms with Crippen molar-refractivity contribution in [1.82, 2.24) is 0 Å². The highest BCUT2D eigenvalue weighted by molar-refractivity contribution is 5.91. The zero-order chi connectivity index (χ0) is 14.3. The summed E-state index contributed by atoms with van der Waals surface area (Å²) in [6.45, 7) is -0.0378. The van der Waals surface area contributed by atoms with Crippen molar-refractivity contribution >= 4 is 5.97 Å². The van der Waals surface area contributed by atoms with Gasteiger partial charge < -0.3 is 14.6 Å². The van der Waals surface area contributed by atoms with Gasteiger partial charge in [-0.3, -0.25) is 0 Å². The third kappa shape index (κ3) is 3.56. The summed E-state index contributed by atoms with van der Waals surface area (Å²) < 4.78 is 10.1. The molecular formula is C12H11N3O4. The maximum Gasteiger partial charge on any atom is 0.337 e. The van der Waals surface area contributed by atoms with E-state index in [-0.39, 0.29) is 17.7 Å². The molecule has 0 aliphatic heterocycles. The minimum atomic E-state index is -1.13. The number of hydrogen-bond acceptors (Lipinski definition) is 4. The smallest absolute Gasteiger partial charge is 0.337 e. The summed E-state index contributed by atoms with van der Waals surface area (Å²) in [7, 11) is 2.85. The lowest BCUT2D eigenvalue weighted by atomic mass is 10.1. The number of carboxylic acid groups (broad SMARTS) is 1. The summed E-state index contributed by atoms with van der Waals surface area (Å²) in [6.07, 6.45) is 0. The molecule has 0 aliphatic carbocycles. The number of rotatable bonds is 4. The summed E-state index contributed by atoms with van der Waals surface area (Å²) in [5.74, 6) is 4.73. The van der Waals surface area contributed by atoms with Gasteiger partial charge in [-0.2, -0.15) is 0 Å². The molecule has 0 bridgehead atoms. The first-order valence-corrected chi connectivity index (χ1v) is 5.13. The normalized spacial score (nSPS) is 8.74. The van der Waals surface area contributed by atoms with E-state index in [1.807, 2.05) is 0 Å². The van der Waals surface area contributed by atoms with Gasteiger partial charge in [-0.15, -0.1) is 0 Å². The first kappa shape index (κ1) is 14.2. The molecule has 0 saturated heterocycles. The van der Waals surface area contributed by atoms with E-state index in [1.165, 1.54) is 26.4 Å². The highest BCUT2D eigenvalue weighted by Crippen LogP contribution is 2.30. The van der Waals surface area contributed by atoms with Gasteiger partial charge in [0.1, 0.15) is 0 Å². The predicted octanol–water partition coefficient (Wildman–Crippen LogP) is 2.06. The van der Waals surface area contributed by atoms with E-state index in [9.17, 15) is 4.79 Å². The monoisotopic (exact) mass is 261 g/mol. The standard InChI is InChI=1S/C12H11N3O4/c1-18-10-6-8(4-3-5-14-15-13)9(12(16)17)7-11(10)19-2/h6-7H,5H2,1-2H3,(H,16,17). The average Bonchev–Trinajstić information content (AvgIpc) is 2.42. The van der Waals surface area contributed by atoms with E-state index in [4.69, 9.17) is 20.1 Å².